The number of rotatable bonds is 8. The van der Waals surface area contributed by atoms with Gasteiger partial charge in [-0.3, -0.25) is 9.59 Å². The topological polar surface area (TPSA) is 58.6 Å². The highest BCUT2D eigenvalue weighted by molar-refractivity contribution is 5.97. The van der Waals surface area contributed by atoms with Crippen LogP contribution in [0.4, 0.5) is 0 Å². The van der Waals surface area contributed by atoms with Crippen LogP contribution in [0.3, 0.4) is 0 Å². The Kier molecular flexibility index (Phi) is 7.15. The van der Waals surface area contributed by atoms with Gasteiger partial charge in [0.1, 0.15) is 12.1 Å². The summed E-state index contributed by atoms with van der Waals surface area (Å²) in [6.45, 7) is 9.40. The lowest BCUT2D eigenvalue weighted by atomic mass is 9.91. The van der Waals surface area contributed by atoms with Crippen molar-refractivity contribution in [1.82, 2.24) is 10.2 Å². The zero-order chi connectivity index (χ0) is 16.0. The van der Waals surface area contributed by atoms with Crippen LogP contribution in [0.2, 0.25) is 0 Å². The fourth-order valence-electron chi connectivity index (χ4n) is 2.73. The molecule has 1 rings (SSSR count). The monoisotopic (exact) mass is 298 g/mol. The van der Waals surface area contributed by atoms with Crippen molar-refractivity contribution < 1.29 is 14.3 Å². The molecule has 122 valence electrons. The van der Waals surface area contributed by atoms with Crippen molar-refractivity contribution in [3.05, 3.63) is 0 Å². The van der Waals surface area contributed by atoms with E-state index in [-0.39, 0.29) is 29.8 Å². The molecule has 2 amide bonds. The molecular weight excluding hydrogens is 268 g/mol. The Balaban J connectivity index is 2.88. The summed E-state index contributed by atoms with van der Waals surface area (Å²) >= 11 is 0. The number of piperazine rings is 1. The van der Waals surface area contributed by atoms with Crippen LogP contribution in [0.5, 0.6) is 0 Å². The Labute approximate surface area is 128 Å². The maximum absolute atomic E-state index is 12.7. The Bertz CT molecular complexity index is 357. The number of nitrogens with one attached hydrogen (secondary N) is 1. The Hall–Kier alpha value is -1.10. The van der Waals surface area contributed by atoms with E-state index in [4.69, 9.17) is 4.74 Å². The van der Waals surface area contributed by atoms with Crippen LogP contribution in [-0.4, -0.2) is 49.1 Å². The van der Waals surface area contributed by atoms with Crippen molar-refractivity contribution in [3.63, 3.8) is 0 Å². The third-order valence-corrected chi connectivity index (χ3v) is 4.18. The van der Waals surface area contributed by atoms with Gasteiger partial charge in [-0.05, 0) is 24.7 Å². The molecule has 0 spiro atoms. The molecule has 1 aliphatic rings. The first-order chi connectivity index (χ1) is 9.92. The fraction of sp³-hybridized carbons (Fsp3) is 0.875. The maximum Gasteiger partial charge on any atom is 0.246 e. The molecule has 0 bridgehead atoms. The van der Waals surface area contributed by atoms with Gasteiger partial charge < -0.3 is 15.0 Å². The highest BCUT2D eigenvalue weighted by Gasteiger charge is 2.41. The summed E-state index contributed by atoms with van der Waals surface area (Å²) in [5.41, 5.74) is 0. The average Bonchev–Trinajstić information content (AvgIpc) is 2.44. The SMILES string of the molecule is CCC(C)C1NC(=O)C(CC(C)C)N(CCCOC)C1=O. The van der Waals surface area contributed by atoms with Gasteiger partial charge in [0, 0.05) is 20.3 Å². The van der Waals surface area contributed by atoms with Gasteiger partial charge in [-0.2, -0.15) is 0 Å². The molecule has 0 saturated carbocycles. The van der Waals surface area contributed by atoms with Gasteiger partial charge in [0.05, 0.1) is 0 Å². The van der Waals surface area contributed by atoms with Crippen LogP contribution >= 0.6 is 0 Å². The number of carbonyl (C=O) groups excluding carboxylic acids is 2. The van der Waals surface area contributed by atoms with E-state index >= 15 is 0 Å². The van der Waals surface area contributed by atoms with E-state index in [2.05, 4.69) is 19.2 Å². The summed E-state index contributed by atoms with van der Waals surface area (Å²) < 4.78 is 5.07. The first kappa shape index (κ1) is 18.0. The molecule has 0 aromatic heterocycles. The van der Waals surface area contributed by atoms with Gasteiger partial charge in [0.2, 0.25) is 11.8 Å². The van der Waals surface area contributed by atoms with Crippen LogP contribution < -0.4 is 5.32 Å². The van der Waals surface area contributed by atoms with Crippen molar-refractivity contribution in [2.24, 2.45) is 11.8 Å². The predicted molar refractivity (Wildman–Crippen MR) is 82.8 cm³/mol. The molecule has 1 N–H and O–H groups in total. The van der Waals surface area contributed by atoms with E-state index in [1.807, 2.05) is 13.8 Å². The normalized spacial score (nSPS) is 24.4. The number of hydrogen-bond donors (Lipinski definition) is 1. The van der Waals surface area contributed by atoms with Gasteiger partial charge in [-0.25, -0.2) is 0 Å². The predicted octanol–water partition coefficient (Wildman–Crippen LogP) is 1.81. The van der Waals surface area contributed by atoms with Gasteiger partial charge in [-0.15, -0.1) is 0 Å². The molecule has 0 radical (unpaired) electrons. The lowest BCUT2D eigenvalue weighted by Crippen LogP contribution is -2.65. The highest BCUT2D eigenvalue weighted by atomic mass is 16.5. The molecule has 0 aromatic carbocycles. The summed E-state index contributed by atoms with van der Waals surface area (Å²) in [7, 11) is 1.65. The fourth-order valence-corrected chi connectivity index (χ4v) is 2.73. The van der Waals surface area contributed by atoms with E-state index in [9.17, 15) is 9.59 Å². The minimum atomic E-state index is -0.381. The zero-order valence-electron chi connectivity index (χ0n) is 14.0. The van der Waals surface area contributed by atoms with Gasteiger partial charge >= 0.3 is 0 Å². The van der Waals surface area contributed by atoms with E-state index < -0.39 is 0 Å². The second kappa shape index (κ2) is 8.37. The van der Waals surface area contributed by atoms with Crippen LogP contribution in [0, 0.1) is 11.8 Å². The summed E-state index contributed by atoms with van der Waals surface area (Å²) in [5, 5.41) is 2.93. The molecule has 5 heteroatoms. The van der Waals surface area contributed by atoms with Crippen molar-refractivity contribution in [2.75, 3.05) is 20.3 Å². The molecule has 1 heterocycles. The molecular formula is C16H30N2O3. The van der Waals surface area contributed by atoms with Gasteiger partial charge in [0.25, 0.3) is 0 Å². The smallest absolute Gasteiger partial charge is 0.246 e. The summed E-state index contributed by atoms with van der Waals surface area (Å²) in [6.07, 6.45) is 2.34. The zero-order valence-corrected chi connectivity index (χ0v) is 14.0. The number of amides is 2. The average molecular weight is 298 g/mol. The minimum absolute atomic E-state index is 0.00832. The van der Waals surface area contributed by atoms with Crippen LogP contribution in [0.1, 0.15) is 47.0 Å². The Morgan fingerprint density at radius 3 is 2.48 bits per heavy atom. The molecule has 5 nitrogen and oxygen atoms in total. The van der Waals surface area contributed by atoms with Crippen LogP contribution in [-0.2, 0) is 14.3 Å². The van der Waals surface area contributed by atoms with E-state index in [0.717, 1.165) is 12.8 Å². The van der Waals surface area contributed by atoms with Crippen LogP contribution in [0.25, 0.3) is 0 Å². The number of carbonyl (C=O) groups is 2. The van der Waals surface area contributed by atoms with Crippen molar-refractivity contribution in [2.45, 2.75) is 59.0 Å². The lowest BCUT2D eigenvalue weighted by Gasteiger charge is -2.41. The molecule has 1 saturated heterocycles. The van der Waals surface area contributed by atoms with E-state index in [0.29, 0.717) is 25.5 Å². The number of methoxy groups -OCH3 is 1. The Morgan fingerprint density at radius 2 is 1.95 bits per heavy atom. The quantitative estimate of drug-likeness (QED) is 0.695. The second-order valence-electron chi connectivity index (χ2n) is 6.40. The Morgan fingerprint density at radius 1 is 1.29 bits per heavy atom. The molecule has 0 aromatic rings. The highest BCUT2D eigenvalue weighted by Crippen LogP contribution is 2.22. The van der Waals surface area contributed by atoms with Gasteiger partial charge in [0.15, 0.2) is 0 Å². The van der Waals surface area contributed by atoms with Gasteiger partial charge in [-0.1, -0.05) is 34.1 Å². The maximum atomic E-state index is 12.7. The largest absolute Gasteiger partial charge is 0.385 e. The van der Waals surface area contributed by atoms with Crippen molar-refractivity contribution in [1.29, 1.82) is 0 Å². The molecule has 1 fully saturated rings. The first-order valence-corrected chi connectivity index (χ1v) is 8.02. The molecule has 3 atom stereocenters. The summed E-state index contributed by atoms with van der Waals surface area (Å²) in [4.78, 5) is 26.9. The number of nitrogens with zero attached hydrogens (tertiary/aromatic N) is 1. The van der Waals surface area contributed by atoms with Crippen LogP contribution in [0.15, 0.2) is 0 Å². The van der Waals surface area contributed by atoms with E-state index in [1.165, 1.54) is 0 Å². The first-order valence-electron chi connectivity index (χ1n) is 8.02. The van der Waals surface area contributed by atoms with Crippen molar-refractivity contribution >= 4 is 11.8 Å². The molecule has 0 aliphatic carbocycles. The third-order valence-electron chi connectivity index (χ3n) is 4.18. The summed E-state index contributed by atoms with van der Waals surface area (Å²) in [6, 6.07) is -0.719. The number of hydrogen-bond acceptors (Lipinski definition) is 3. The minimum Gasteiger partial charge on any atom is -0.385 e. The van der Waals surface area contributed by atoms with Crippen molar-refractivity contribution in [3.8, 4) is 0 Å². The standard InChI is InChI=1S/C16H30N2O3/c1-6-12(4)14-16(20)18(8-7-9-21-5)13(10-11(2)3)15(19)17-14/h11-14H,6-10H2,1-5H3,(H,17,19). The molecule has 21 heavy (non-hydrogen) atoms. The molecule has 3 unspecified atom stereocenters. The third kappa shape index (κ3) is 4.70. The van der Waals surface area contributed by atoms with E-state index in [1.54, 1.807) is 12.0 Å². The summed E-state index contributed by atoms with van der Waals surface area (Å²) in [5.74, 6) is 0.585. The second-order valence-corrected chi connectivity index (χ2v) is 6.40. The number of ether oxygens (including phenoxy) is 1. The molecule has 1 aliphatic heterocycles. The lowest BCUT2D eigenvalue weighted by molar-refractivity contribution is -0.151.